The predicted octanol–water partition coefficient (Wildman–Crippen LogP) is 1.87. The van der Waals surface area contributed by atoms with Gasteiger partial charge in [-0.1, -0.05) is 23.7 Å². The quantitative estimate of drug-likeness (QED) is 0.887. The largest absolute Gasteiger partial charge is 0.392 e. The van der Waals surface area contributed by atoms with Gasteiger partial charge in [0.15, 0.2) is 0 Å². The van der Waals surface area contributed by atoms with Gasteiger partial charge in [0.2, 0.25) is 0 Å². The second-order valence-electron chi connectivity index (χ2n) is 3.53. The number of benzene rings is 1. The summed E-state index contributed by atoms with van der Waals surface area (Å²) in [6, 6.07) is 6.85. The minimum atomic E-state index is -0.365. The maximum atomic E-state index is 11.8. The normalized spacial score (nSPS) is 10.1. The summed E-state index contributed by atoms with van der Waals surface area (Å²) >= 11 is 5.58. The molecule has 0 aliphatic rings. The third kappa shape index (κ3) is 3.03. The summed E-state index contributed by atoms with van der Waals surface area (Å²) in [5.41, 5.74) is 1.58. The molecule has 0 spiro atoms. The topological polar surface area (TPSA) is 75.1 Å². The number of amides is 1. The fourth-order valence-electron chi connectivity index (χ4n) is 1.32. The van der Waals surface area contributed by atoms with Crippen LogP contribution in [0.4, 0.5) is 5.69 Å². The highest BCUT2D eigenvalue weighted by atomic mass is 35.5. The zero-order valence-corrected chi connectivity index (χ0v) is 10.1. The fourth-order valence-corrected chi connectivity index (χ4v) is 1.42. The van der Waals surface area contributed by atoms with Crippen LogP contribution in [0.15, 0.2) is 36.7 Å². The summed E-state index contributed by atoms with van der Waals surface area (Å²) in [7, 11) is 0. The van der Waals surface area contributed by atoms with Gasteiger partial charge < -0.3 is 10.4 Å². The van der Waals surface area contributed by atoms with Crippen molar-refractivity contribution in [3.8, 4) is 0 Å². The number of aromatic nitrogens is 2. The number of hydrogen-bond acceptors (Lipinski definition) is 4. The first-order valence-corrected chi connectivity index (χ1v) is 5.55. The van der Waals surface area contributed by atoms with Crippen LogP contribution in [0.5, 0.6) is 0 Å². The minimum Gasteiger partial charge on any atom is -0.392 e. The lowest BCUT2D eigenvalue weighted by molar-refractivity contribution is 0.102. The second-order valence-corrected chi connectivity index (χ2v) is 3.92. The van der Waals surface area contributed by atoms with Crippen molar-refractivity contribution in [2.45, 2.75) is 6.61 Å². The summed E-state index contributed by atoms with van der Waals surface area (Å²) in [6.07, 6.45) is 2.62. The Morgan fingerprint density at radius 3 is 2.50 bits per heavy atom. The summed E-state index contributed by atoms with van der Waals surface area (Å²) in [5, 5.41) is 11.8. The Labute approximate surface area is 108 Å². The molecule has 0 unspecified atom stereocenters. The summed E-state index contributed by atoms with van der Waals surface area (Å²) in [4.78, 5) is 19.4. The van der Waals surface area contributed by atoms with Gasteiger partial charge in [-0.25, -0.2) is 9.97 Å². The molecule has 92 valence electrons. The highest BCUT2D eigenvalue weighted by Crippen LogP contribution is 2.11. The van der Waals surface area contributed by atoms with Crippen LogP contribution in [0.2, 0.25) is 5.15 Å². The van der Waals surface area contributed by atoms with Crippen molar-refractivity contribution in [3.05, 3.63) is 53.1 Å². The number of nitrogens with zero attached hydrogens (tertiary/aromatic N) is 2. The number of aliphatic hydroxyl groups is 1. The molecule has 1 aromatic carbocycles. The van der Waals surface area contributed by atoms with Gasteiger partial charge in [0.05, 0.1) is 19.0 Å². The maximum Gasteiger partial charge on any atom is 0.275 e. The van der Waals surface area contributed by atoms with Gasteiger partial charge in [-0.05, 0) is 17.7 Å². The first-order chi connectivity index (χ1) is 8.69. The standard InChI is InChI=1S/C12H10ClN3O2/c13-11-6-14-10(5-15-11)12(18)16-9-3-1-8(7-17)2-4-9/h1-6,17H,7H2,(H,16,18). The van der Waals surface area contributed by atoms with Crippen LogP contribution >= 0.6 is 11.6 Å². The molecule has 0 aliphatic heterocycles. The monoisotopic (exact) mass is 263 g/mol. The van der Waals surface area contributed by atoms with E-state index in [0.717, 1.165) is 5.56 Å². The number of carbonyl (C=O) groups excluding carboxylic acids is 1. The van der Waals surface area contributed by atoms with E-state index in [2.05, 4.69) is 15.3 Å². The van der Waals surface area contributed by atoms with Crippen LogP contribution in [-0.4, -0.2) is 21.0 Å². The molecule has 0 saturated carbocycles. The molecule has 2 N–H and O–H groups in total. The van der Waals surface area contributed by atoms with Crippen molar-refractivity contribution in [2.75, 3.05) is 5.32 Å². The van der Waals surface area contributed by atoms with E-state index in [-0.39, 0.29) is 23.4 Å². The first kappa shape index (κ1) is 12.5. The van der Waals surface area contributed by atoms with Crippen molar-refractivity contribution < 1.29 is 9.90 Å². The molecular weight excluding hydrogens is 254 g/mol. The maximum absolute atomic E-state index is 11.8. The van der Waals surface area contributed by atoms with E-state index in [0.29, 0.717) is 5.69 Å². The number of halogens is 1. The summed E-state index contributed by atoms with van der Waals surface area (Å²) in [6.45, 7) is -0.0309. The highest BCUT2D eigenvalue weighted by Gasteiger charge is 2.07. The molecule has 18 heavy (non-hydrogen) atoms. The second kappa shape index (κ2) is 5.57. The van der Waals surface area contributed by atoms with Gasteiger partial charge in [-0.15, -0.1) is 0 Å². The van der Waals surface area contributed by atoms with Crippen molar-refractivity contribution in [2.24, 2.45) is 0 Å². The number of rotatable bonds is 3. The molecule has 0 bridgehead atoms. The molecule has 0 fully saturated rings. The van der Waals surface area contributed by atoms with Crippen molar-refractivity contribution >= 4 is 23.2 Å². The molecule has 5 nitrogen and oxygen atoms in total. The van der Waals surface area contributed by atoms with Crippen molar-refractivity contribution in [1.82, 2.24) is 9.97 Å². The van der Waals surface area contributed by atoms with Gasteiger partial charge in [0.25, 0.3) is 5.91 Å². The molecule has 2 rings (SSSR count). The Bertz CT molecular complexity index is 540. The van der Waals surface area contributed by atoms with E-state index in [1.165, 1.54) is 12.4 Å². The SMILES string of the molecule is O=C(Nc1ccc(CO)cc1)c1cnc(Cl)cn1. The van der Waals surface area contributed by atoms with Crippen LogP contribution in [0.25, 0.3) is 0 Å². The molecule has 0 atom stereocenters. The number of nitrogens with one attached hydrogen (secondary N) is 1. The van der Waals surface area contributed by atoms with E-state index in [1.807, 2.05) is 0 Å². The van der Waals surface area contributed by atoms with Crippen LogP contribution in [-0.2, 0) is 6.61 Å². The number of aliphatic hydroxyl groups excluding tert-OH is 1. The number of anilines is 1. The van der Waals surface area contributed by atoms with Crippen molar-refractivity contribution in [3.63, 3.8) is 0 Å². The van der Waals surface area contributed by atoms with Gasteiger partial charge >= 0.3 is 0 Å². The first-order valence-electron chi connectivity index (χ1n) is 5.18. The van der Waals surface area contributed by atoms with Crippen LogP contribution < -0.4 is 5.32 Å². The highest BCUT2D eigenvalue weighted by molar-refractivity contribution is 6.29. The molecule has 1 aromatic heterocycles. The van der Waals surface area contributed by atoms with Crippen LogP contribution in [0, 0.1) is 0 Å². The van der Waals surface area contributed by atoms with E-state index >= 15 is 0 Å². The molecule has 1 amide bonds. The molecule has 0 saturated heterocycles. The zero-order chi connectivity index (χ0) is 13.0. The van der Waals surface area contributed by atoms with Gasteiger partial charge in [0, 0.05) is 5.69 Å². The van der Waals surface area contributed by atoms with E-state index < -0.39 is 0 Å². The molecule has 1 heterocycles. The van der Waals surface area contributed by atoms with E-state index in [9.17, 15) is 4.79 Å². The lowest BCUT2D eigenvalue weighted by Gasteiger charge is -2.05. The van der Waals surface area contributed by atoms with Gasteiger partial charge in [0.1, 0.15) is 10.8 Å². The molecule has 6 heteroatoms. The molecular formula is C12H10ClN3O2. The van der Waals surface area contributed by atoms with Gasteiger partial charge in [-0.3, -0.25) is 4.79 Å². The Morgan fingerprint density at radius 2 is 1.94 bits per heavy atom. The summed E-state index contributed by atoms with van der Waals surface area (Å²) < 4.78 is 0. The lowest BCUT2D eigenvalue weighted by atomic mass is 10.2. The zero-order valence-electron chi connectivity index (χ0n) is 9.30. The van der Waals surface area contributed by atoms with Crippen LogP contribution in [0.3, 0.4) is 0 Å². The average molecular weight is 264 g/mol. The predicted molar refractivity (Wildman–Crippen MR) is 67.4 cm³/mol. The lowest BCUT2D eigenvalue weighted by Crippen LogP contribution is -2.13. The van der Waals surface area contributed by atoms with E-state index in [1.54, 1.807) is 24.3 Å². The van der Waals surface area contributed by atoms with Crippen LogP contribution in [0.1, 0.15) is 16.1 Å². The Kier molecular flexibility index (Phi) is 3.86. The minimum absolute atomic E-state index is 0.0309. The molecule has 2 aromatic rings. The number of carbonyl (C=O) groups is 1. The van der Waals surface area contributed by atoms with Gasteiger partial charge in [-0.2, -0.15) is 0 Å². The third-order valence-corrected chi connectivity index (χ3v) is 2.44. The van der Waals surface area contributed by atoms with Crippen molar-refractivity contribution in [1.29, 1.82) is 0 Å². The fraction of sp³-hybridized carbons (Fsp3) is 0.0833. The third-order valence-electron chi connectivity index (χ3n) is 2.25. The molecule has 0 radical (unpaired) electrons. The average Bonchev–Trinajstić information content (AvgIpc) is 2.40. The Balaban J connectivity index is 2.08. The Hall–Kier alpha value is -1.98. The Morgan fingerprint density at radius 1 is 1.22 bits per heavy atom. The number of hydrogen-bond donors (Lipinski definition) is 2. The van der Waals surface area contributed by atoms with E-state index in [4.69, 9.17) is 16.7 Å². The summed E-state index contributed by atoms with van der Waals surface area (Å²) in [5.74, 6) is -0.365. The molecule has 0 aliphatic carbocycles. The smallest absolute Gasteiger partial charge is 0.275 e.